The van der Waals surface area contributed by atoms with Gasteiger partial charge in [0, 0.05) is 13.2 Å². The molecule has 1 aromatic heterocycles. The lowest BCUT2D eigenvalue weighted by molar-refractivity contribution is -0.116. The van der Waals surface area contributed by atoms with Gasteiger partial charge in [0.2, 0.25) is 12.2 Å². The van der Waals surface area contributed by atoms with Gasteiger partial charge in [0.25, 0.3) is 5.91 Å². The van der Waals surface area contributed by atoms with E-state index in [9.17, 15) is 9.59 Å². The van der Waals surface area contributed by atoms with Crippen LogP contribution in [-0.4, -0.2) is 39.9 Å². The SMILES string of the molecule is CCCN(C=O)C(=O)c1nc(Cl)c(Cl)n1COCC. The second-order valence-electron chi connectivity index (χ2n) is 3.67. The number of carbonyl (C=O) groups is 2. The topological polar surface area (TPSA) is 64.4 Å². The summed E-state index contributed by atoms with van der Waals surface area (Å²) in [5, 5.41) is 0.118. The lowest BCUT2D eigenvalue weighted by Crippen LogP contribution is -2.32. The Morgan fingerprint density at radius 1 is 1.47 bits per heavy atom. The number of imidazole rings is 1. The van der Waals surface area contributed by atoms with Crippen LogP contribution in [0.1, 0.15) is 30.9 Å². The van der Waals surface area contributed by atoms with E-state index in [1.165, 1.54) is 4.57 Å². The second kappa shape index (κ2) is 7.47. The van der Waals surface area contributed by atoms with Gasteiger partial charge >= 0.3 is 0 Å². The molecule has 0 aliphatic rings. The Labute approximate surface area is 121 Å². The van der Waals surface area contributed by atoms with E-state index in [1.807, 2.05) is 13.8 Å². The highest BCUT2D eigenvalue weighted by Gasteiger charge is 2.24. The first-order valence-corrected chi connectivity index (χ1v) is 6.57. The van der Waals surface area contributed by atoms with E-state index in [-0.39, 0.29) is 22.9 Å². The normalized spacial score (nSPS) is 10.5. The first-order valence-electron chi connectivity index (χ1n) is 5.82. The van der Waals surface area contributed by atoms with Gasteiger partial charge in [-0.05, 0) is 13.3 Å². The predicted octanol–water partition coefficient (Wildman–Crippen LogP) is 2.19. The summed E-state index contributed by atoms with van der Waals surface area (Å²) in [6, 6.07) is 0. The molecule has 0 saturated heterocycles. The molecule has 106 valence electrons. The molecule has 8 heteroatoms. The van der Waals surface area contributed by atoms with Gasteiger partial charge in [-0.15, -0.1) is 0 Å². The monoisotopic (exact) mass is 307 g/mol. The maximum Gasteiger partial charge on any atom is 0.296 e. The van der Waals surface area contributed by atoms with Crippen LogP contribution in [0.25, 0.3) is 0 Å². The number of hydrogen-bond acceptors (Lipinski definition) is 4. The number of imide groups is 1. The van der Waals surface area contributed by atoms with Gasteiger partial charge in [-0.25, -0.2) is 4.98 Å². The Morgan fingerprint density at radius 3 is 2.68 bits per heavy atom. The molecule has 0 aliphatic carbocycles. The average molecular weight is 308 g/mol. The molecule has 1 aromatic rings. The summed E-state index contributed by atoms with van der Waals surface area (Å²) in [5.41, 5.74) is 0. The zero-order chi connectivity index (χ0) is 14.4. The standard InChI is InChI=1S/C11H15Cl2N3O3/c1-3-5-15(6-17)11(18)10-14-8(12)9(13)16(10)7-19-4-2/h6H,3-5,7H2,1-2H3. The van der Waals surface area contributed by atoms with Crippen LogP contribution in [-0.2, 0) is 16.3 Å². The van der Waals surface area contributed by atoms with Gasteiger partial charge in [0.05, 0.1) is 0 Å². The van der Waals surface area contributed by atoms with Gasteiger partial charge in [0.1, 0.15) is 11.9 Å². The Bertz CT molecular complexity index is 462. The number of nitrogens with zero attached hydrogens (tertiary/aromatic N) is 3. The van der Waals surface area contributed by atoms with Crippen LogP contribution in [0.4, 0.5) is 0 Å². The summed E-state index contributed by atoms with van der Waals surface area (Å²) in [4.78, 5) is 28.0. The quantitative estimate of drug-likeness (QED) is 0.724. The van der Waals surface area contributed by atoms with Crippen LogP contribution in [0, 0.1) is 0 Å². The molecule has 1 rings (SSSR count). The van der Waals surface area contributed by atoms with Crippen molar-refractivity contribution >= 4 is 35.5 Å². The first kappa shape index (κ1) is 15.9. The summed E-state index contributed by atoms with van der Waals surface area (Å²) in [6.45, 7) is 4.47. The van der Waals surface area contributed by atoms with Gasteiger partial charge in [-0.3, -0.25) is 19.1 Å². The number of ether oxygens (including phenoxy) is 1. The molecule has 6 nitrogen and oxygen atoms in total. The van der Waals surface area contributed by atoms with Crippen molar-refractivity contribution < 1.29 is 14.3 Å². The van der Waals surface area contributed by atoms with Gasteiger partial charge in [0.15, 0.2) is 5.15 Å². The van der Waals surface area contributed by atoms with E-state index in [0.717, 1.165) is 4.90 Å². The molecule has 0 fully saturated rings. The summed E-state index contributed by atoms with van der Waals surface area (Å²) >= 11 is 11.8. The molecule has 0 N–H and O–H groups in total. The zero-order valence-electron chi connectivity index (χ0n) is 10.7. The molecule has 0 bridgehead atoms. The van der Waals surface area contributed by atoms with Crippen molar-refractivity contribution in [3.63, 3.8) is 0 Å². The molecule has 0 atom stereocenters. The molecule has 0 radical (unpaired) electrons. The molecule has 0 aliphatic heterocycles. The summed E-state index contributed by atoms with van der Waals surface area (Å²) < 4.78 is 6.53. The number of hydrogen-bond donors (Lipinski definition) is 0. The van der Waals surface area contributed by atoms with Crippen LogP contribution in [0.5, 0.6) is 0 Å². The van der Waals surface area contributed by atoms with Crippen molar-refractivity contribution in [2.24, 2.45) is 0 Å². The fourth-order valence-corrected chi connectivity index (χ4v) is 1.79. The summed E-state index contributed by atoms with van der Waals surface area (Å²) in [7, 11) is 0. The molecular weight excluding hydrogens is 293 g/mol. The smallest absolute Gasteiger partial charge is 0.296 e. The molecule has 19 heavy (non-hydrogen) atoms. The van der Waals surface area contributed by atoms with Crippen molar-refractivity contribution in [1.82, 2.24) is 14.5 Å². The molecule has 0 aromatic carbocycles. The third-order valence-electron chi connectivity index (χ3n) is 2.34. The molecule has 0 spiro atoms. The lowest BCUT2D eigenvalue weighted by Gasteiger charge is -2.15. The average Bonchev–Trinajstić information content (AvgIpc) is 2.69. The lowest BCUT2D eigenvalue weighted by atomic mass is 10.4. The van der Waals surface area contributed by atoms with Crippen molar-refractivity contribution in [3.05, 3.63) is 16.1 Å². The third kappa shape index (κ3) is 3.68. The minimum absolute atomic E-state index is 0.00654. The second-order valence-corrected chi connectivity index (χ2v) is 4.39. The summed E-state index contributed by atoms with van der Waals surface area (Å²) in [6.07, 6.45) is 1.12. The van der Waals surface area contributed by atoms with E-state index < -0.39 is 5.91 Å². The van der Waals surface area contributed by atoms with Crippen LogP contribution in [0.3, 0.4) is 0 Å². The Hall–Kier alpha value is -1.11. The molecule has 1 heterocycles. The molecular formula is C11H15Cl2N3O3. The number of aromatic nitrogens is 2. The molecule has 2 amide bonds. The van der Waals surface area contributed by atoms with Crippen LogP contribution in [0.15, 0.2) is 0 Å². The van der Waals surface area contributed by atoms with E-state index >= 15 is 0 Å². The third-order valence-corrected chi connectivity index (χ3v) is 3.08. The number of rotatable bonds is 7. The number of amides is 2. The maximum absolute atomic E-state index is 12.2. The van der Waals surface area contributed by atoms with E-state index in [2.05, 4.69) is 4.98 Å². The van der Waals surface area contributed by atoms with Gasteiger partial charge in [-0.1, -0.05) is 30.1 Å². The highest BCUT2D eigenvalue weighted by molar-refractivity contribution is 6.40. The van der Waals surface area contributed by atoms with E-state index in [1.54, 1.807) is 0 Å². The van der Waals surface area contributed by atoms with Crippen LogP contribution < -0.4 is 0 Å². The Morgan fingerprint density at radius 2 is 2.16 bits per heavy atom. The van der Waals surface area contributed by atoms with Crippen LogP contribution in [0.2, 0.25) is 10.3 Å². The van der Waals surface area contributed by atoms with Crippen molar-refractivity contribution in [2.45, 2.75) is 27.0 Å². The van der Waals surface area contributed by atoms with Crippen molar-refractivity contribution in [1.29, 1.82) is 0 Å². The van der Waals surface area contributed by atoms with Crippen molar-refractivity contribution in [2.75, 3.05) is 13.2 Å². The Balaban J connectivity index is 3.07. The van der Waals surface area contributed by atoms with E-state index in [4.69, 9.17) is 27.9 Å². The first-order chi connectivity index (χ1) is 9.06. The number of halogens is 2. The van der Waals surface area contributed by atoms with Gasteiger partial charge in [-0.2, -0.15) is 0 Å². The highest BCUT2D eigenvalue weighted by atomic mass is 35.5. The fourth-order valence-electron chi connectivity index (χ4n) is 1.44. The zero-order valence-corrected chi connectivity index (χ0v) is 12.2. The largest absolute Gasteiger partial charge is 0.361 e. The van der Waals surface area contributed by atoms with Crippen LogP contribution >= 0.6 is 23.2 Å². The van der Waals surface area contributed by atoms with E-state index in [0.29, 0.717) is 26.0 Å². The Kier molecular flexibility index (Phi) is 6.27. The fraction of sp³-hybridized carbons (Fsp3) is 0.545. The minimum atomic E-state index is -0.551. The van der Waals surface area contributed by atoms with Gasteiger partial charge < -0.3 is 4.74 Å². The summed E-state index contributed by atoms with van der Waals surface area (Å²) in [5.74, 6) is -0.561. The molecule has 0 unspecified atom stereocenters. The highest BCUT2D eigenvalue weighted by Crippen LogP contribution is 2.23. The molecule has 0 saturated carbocycles. The maximum atomic E-state index is 12.2. The minimum Gasteiger partial charge on any atom is -0.361 e. The predicted molar refractivity (Wildman–Crippen MR) is 71.3 cm³/mol. The number of carbonyl (C=O) groups excluding carboxylic acids is 2. The van der Waals surface area contributed by atoms with Crippen molar-refractivity contribution in [3.8, 4) is 0 Å².